The van der Waals surface area contributed by atoms with Gasteiger partial charge >= 0.3 is 0 Å². The number of hydrogen-bond donors (Lipinski definition) is 0. The van der Waals surface area contributed by atoms with E-state index >= 15 is 0 Å². The molecule has 7 aromatic carbocycles. The second-order valence-electron chi connectivity index (χ2n) is 10.0. The summed E-state index contributed by atoms with van der Waals surface area (Å²) in [4.78, 5) is 0. The first-order chi connectivity index (χ1) is 19.2. The molecule has 0 N–H and O–H groups in total. The zero-order chi connectivity index (χ0) is 26.2. The van der Waals surface area contributed by atoms with E-state index in [1.165, 1.54) is 66.1 Å². The molecule has 0 radical (unpaired) electrons. The smallest absolute Gasteiger partial charge is 0.0187 e. The summed E-state index contributed by atoms with van der Waals surface area (Å²) in [6, 6.07) is 54.8. The van der Waals surface area contributed by atoms with Gasteiger partial charge in [-0.3, -0.25) is 0 Å². The summed E-state index contributed by atoms with van der Waals surface area (Å²) in [5.41, 5.74) is 9.73. The predicted molar refractivity (Wildman–Crippen MR) is 171 cm³/mol. The lowest BCUT2D eigenvalue weighted by molar-refractivity contribution is 1.55. The minimum Gasteiger partial charge on any atom is -0.0616 e. The third-order valence-corrected chi connectivity index (χ3v) is 7.96. The number of rotatable bonds is 4. The van der Waals surface area contributed by atoms with Crippen molar-refractivity contribution in [2.45, 2.75) is 0 Å². The molecule has 7 aromatic rings. The molecule has 0 nitrogen and oxygen atoms in total. The number of halogens is 1. The highest BCUT2D eigenvalue weighted by molar-refractivity contribution is 9.10. The third kappa shape index (κ3) is 4.78. The van der Waals surface area contributed by atoms with Gasteiger partial charge in [0.1, 0.15) is 0 Å². The van der Waals surface area contributed by atoms with Gasteiger partial charge in [0, 0.05) is 4.47 Å². The lowest BCUT2D eigenvalue weighted by atomic mass is 9.95. The predicted octanol–water partition coefficient (Wildman–Crippen LogP) is 11.4. The second kappa shape index (κ2) is 10.0. The fourth-order valence-electron chi connectivity index (χ4n) is 5.37. The summed E-state index contributed by atoms with van der Waals surface area (Å²) >= 11 is 3.76. The van der Waals surface area contributed by atoms with E-state index in [1.807, 2.05) is 0 Å². The molecule has 0 aliphatic carbocycles. The summed E-state index contributed by atoms with van der Waals surface area (Å²) in [7, 11) is 0. The fraction of sp³-hybridized carbons (Fsp3) is 0. The monoisotopic (exact) mass is 560 g/mol. The van der Waals surface area contributed by atoms with Crippen molar-refractivity contribution in [1.82, 2.24) is 0 Å². The number of benzene rings is 7. The summed E-state index contributed by atoms with van der Waals surface area (Å²) in [5, 5.41) is 5.07. The van der Waals surface area contributed by atoms with Crippen molar-refractivity contribution in [2.75, 3.05) is 0 Å². The van der Waals surface area contributed by atoms with Gasteiger partial charge in [0.05, 0.1) is 0 Å². The first kappa shape index (κ1) is 23.6. The van der Waals surface area contributed by atoms with Gasteiger partial charge in [0.25, 0.3) is 0 Å². The van der Waals surface area contributed by atoms with Gasteiger partial charge in [0.2, 0.25) is 0 Å². The van der Waals surface area contributed by atoms with Gasteiger partial charge in [-0.1, -0.05) is 137 Å². The molecule has 0 aromatic heterocycles. The first-order valence-electron chi connectivity index (χ1n) is 13.2. The SMILES string of the molecule is Brc1cc(-c2ccc(-c3ccc4ccccc4c3)cc2)cc(-c2ccc(-c3ccc4ccccc4c3)cc2)c1. The highest BCUT2D eigenvalue weighted by Crippen LogP contribution is 2.34. The van der Waals surface area contributed by atoms with Crippen molar-refractivity contribution >= 4 is 37.5 Å². The molecule has 0 unspecified atom stereocenters. The van der Waals surface area contributed by atoms with Crippen LogP contribution in [0, 0.1) is 0 Å². The van der Waals surface area contributed by atoms with Crippen LogP contribution in [-0.2, 0) is 0 Å². The molecule has 0 bridgehead atoms. The Balaban J connectivity index is 1.17. The van der Waals surface area contributed by atoms with E-state index < -0.39 is 0 Å². The van der Waals surface area contributed by atoms with E-state index in [0.29, 0.717) is 0 Å². The molecular weight excluding hydrogens is 536 g/mol. The summed E-state index contributed by atoms with van der Waals surface area (Å²) in [6.45, 7) is 0. The van der Waals surface area contributed by atoms with Crippen molar-refractivity contribution in [3.05, 3.63) is 156 Å². The molecule has 0 heterocycles. The van der Waals surface area contributed by atoms with Crippen LogP contribution in [0.4, 0.5) is 0 Å². The van der Waals surface area contributed by atoms with Crippen LogP contribution >= 0.6 is 15.9 Å². The van der Waals surface area contributed by atoms with Gasteiger partial charge in [-0.15, -0.1) is 0 Å². The van der Waals surface area contributed by atoms with Gasteiger partial charge in [-0.2, -0.15) is 0 Å². The van der Waals surface area contributed by atoms with Crippen molar-refractivity contribution in [2.24, 2.45) is 0 Å². The van der Waals surface area contributed by atoms with Crippen LogP contribution in [-0.4, -0.2) is 0 Å². The Bertz CT molecular complexity index is 1810. The Morgan fingerprint density at radius 2 is 0.590 bits per heavy atom. The summed E-state index contributed by atoms with van der Waals surface area (Å²) in [6.07, 6.45) is 0. The molecular formula is C38H25Br. The Morgan fingerprint density at radius 1 is 0.256 bits per heavy atom. The van der Waals surface area contributed by atoms with E-state index in [1.54, 1.807) is 0 Å². The van der Waals surface area contributed by atoms with Crippen LogP contribution < -0.4 is 0 Å². The van der Waals surface area contributed by atoms with E-state index in [4.69, 9.17) is 0 Å². The van der Waals surface area contributed by atoms with Crippen LogP contribution in [0.15, 0.2) is 156 Å². The average Bonchev–Trinajstić information content (AvgIpc) is 3.00. The highest BCUT2D eigenvalue weighted by atomic mass is 79.9. The molecule has 7 rings (SSSR count). The minimum atomic E-state index is 1.08. The molecule has 0 saturated carbocycles. The Hall–Kier alpha value is -4.46. The topological polar surface area (TPSA) is 0 Å². The lowest BCUT2D eigenvalue weighted by Crippen LogP contribution is -1.85. The molecule has 0 spiro atoms. The Morgan fingerprint density at radius 3 is 1.00 bits per heavy atom. The fourth-order valence-corrected chi connectivity index (χ4v) is 5.86. The Labute approximate surface area is 237 Å². The van der Waals surface area contributed by atoms with Gasteiger partial charge in [-0.25, -0.2) is 0 Å². The molecule has 0 aliphatic heterocycles. The van der Waals surface area contributed by atoms with Crippen molar-refractivity contribution in [3.63, 3.8) is 0 Å². The zero-order valence-electron chi connectivity index (χ0n) is 21.3. The number of fused-ring (bicyclic) bond motifs is 2. The lowest BCUT2D eigenvalue weighted by Gasteiger charge is -2.10. The highest BCUT2D eigenvalue weighted by Gasteiger charge is 2.07. The molecule has 184 valence electrons. The molecule has 0 fully saturated rings. The van der Waals surface area contributed by atoms with Crippen LogP contribution in [0.5, 0.6) is 0 Å². The second-order valence-corrected chi connectivity index (χ2v) is 10.9. The largest absolute Gasteiger partial charge is 0.0616 e. The van der Waals surface area contributed by atoms with E-state index in [9.17, 15) is 0 Å². The van der Waals surface area contributed by atoms with Crippen LogP contribution in [0.25, 0.3) is 66.1 Å². The molecule has 0 aliphatic rings. The summed E-state index contributed by atoms with van der Waals surface area (Å²) < 4.78 is 1.08. The zero-order valence-corrected chi connectivity index (χ0v) is 22.9. The summed E-state index contributed by atoms with van der Waals surface area (Å²) in [5.74, 6) is 0. The van der Waals surface area contributed by atoms with E-state index in [-0.39, 0.29) is 0 Å². The van der Waals surface area contributed by atoms with Crippen LogP contribution in [0.2, 0.25) is 0 Å². The van der Waals surface area contributed by atoms with Gasteiger partial charge < -0.3 is 0 Å². The Kier molecular flexibility index (Phi) is 6.07. The normalized spacial score (nSPS) is 11.2. The van der Waals surface area contributed by atoms with Gasteiger partial charge in [0.15, 0.2) is 0 Å². The van der Waals surface area contributed by atoms with E-state index in [2.05, 4.69) is 168 Å². The quantitative estimate of drug-likeness (QED) is 0.201. The maximum Gasteiger partial charge on any atom is 0.0187 e. The average molecular weight is 562 g/mol. The molecule has 0 amide bonds. The molecule has 0 atom stereocenters. The minimum absolute atomic E-state index is 1.08. The maximum absolute atomic E-state index is 3.76. The standard InChI is InChI=1S/C38H25Br/c39-38-24-36(30-13-9-28(10-14-30)34-19-17-26-5-1-3-7-32(26)21-34)23-37(25-38)31-15-11-29(12-16-31)35-20-18-27-6-2-4-8-33(27)22-35/h1-25H. The van der Waals surface area contributed by atoms with E-state index in [0.717, 1.165) is 4.47 Å². The molecule has 39 heavy (non-hydrogen) atoms. The van der Waals surface area contributed by atoms with Gasteiger partial charge in [-0.05, 0) is 96.4 Å². The molecule has 0 saturated heterocycles. The third-order valence-electron chi connectivity index (χ3n) is 7.50. The van der Waals surface area contributed by atoms with Crippen LogP contribution in [0.1, 0.15) is 0 Å². The maximum atomic E-state index is 3.76. The van der Waals surface area contributed by atoms with Crippen molar-refractivity contribution < 1.29 is 0 Å². The molecule has 1 heteroatoms. The number of hydrogen-bond acceptors (Lipinski definition) is 0. The van der Waals surface area contributed by atoms with Crippen molar-refractivity contribution in [1.29, 1.82) is 0 Å². The van der Waals surface area contributed by atoms with Crippen molar-refractivity contribution in [3.8, 4) is 44.5 Å². The first-order valence-corrected chi connectivity index (χ1v) is 14.0. The van der Waals surface area contributed by atoms with Crippen LogP contribution in [0.3, 0.4) is 0 Å².